The summed E-state index contributed by atoms with van der Waals surface area (Å²) >= 11 is 11.2. The van der Waals surface area contributed by atoms with Crippen molar-refractivity contribution in [1.29, 1.82) is 0 Å². The van der Waals surface area contributed by atoms with Gasteiger partial charge in [0, 0.05) is 0 Å². The third kappa shape index (κ3) is 2.63. The van der Waals surface area contributed by atoms with Crippen LogP contribution in [0, 0.1) is 0 Å². The van der Waals surface area contributed by atoms with Crippen molar-refractivity contribution in [3.8, 4) is 0 Å². The molecule has 0 spiro atoms. The Bertz CT molecular complexity index is 509. The minimum atomic E-state index is -1.22. The summed E-state index contributed by atoms with van der Waals surface area (Å²) in [6, 6.07) is 4.43. The molecule has 3 N–H and O–H groups in total. The predicted octanol–water partition coefficient (Wildman–Crippen LogP) is 0.709. The molecule has 1 aliphatic rings. The third-order valence-electron chi connectivity index (χ3n) is 2.31. The van der Waals surface area contributed by atoms with Crippen LogP contribution in [0.2, 0.25) is 5.02 Å². The van der Waals surface area contributed by atoms with E-state index in [1.165, 1.54) is 23.4 Å². The van der Waals surface area contributed by atoms with Crippen molar-refractivity contribution in [2.45, 2.75) is 12.6 Å². The summed E-state index contributed by atoms with van der Waals surface area (Å²) in [7, 11) is 0. The van der Waals surface area contributed by atoms with Gasteiger partial charge in [-0.2, -0.15) is 5.10 Å². The first-order valence-corrected chi connectivity index (χ1v) is 5.69. The van der Waals surface area contributed by atoms with Crippen LogP contribution in [0.1, 0.15) is 10.4 Å². The number of carbonyl (C=O) groups excluding carboxylic acids is 1. The smallest absolute Gasteiger partial charge is 0.253 e. The van der Waals surface area contributed by atoms with Gasteiger partial charge >= 0.3 is 0 Å². The molecule has 0 aliphatic carbocycles. The Hall–Kier alpha value is -1.18. The van der Waals surface area contributed by atoms with Crippen LogP contribution in [-0.2, 0) is 0 Å². The molecule has 96 valence electrons. The van der Waals surface area contributed by atoms with E-state index in [0.29, 0.717) is 5.69 Å². The van der Waals surface area contributed by atoms with Crippen molar-refractivity contribution in [3.63, 3.8) is 0 Å². The summed E-state index contributed by atoms with van der Waals surface area (Å²) < 4.78 is 0. The first-order valence-electron chi connectivity index (χ1n) is 4.94. The van der Waals surface area contributed by atoms with Crippen molar-refractivity contribution in [3.05, 3.63) is 28.8 Å². The number of carbonyl (C=O) groups is 1. The second kappa shape index (κ2) is 5.21. The van der Waals surface area contributed by atoms with E-state index in [1.807, 2.05) is 0 Å². The molecule has 1 aromatic carbocycles. The molecular weight excluding hydrogens is 281 g/mol. The van der Waals surface area contributed by atoms with Gasteiger partial charge in [0.1, 0.15) is 6.23 Å². The second-order valence-electron chi connectivity index (χ2n) is 3.53. The monoisotopic (exact) mass is 289 g/mol. The number of anilines is 1. The first kappa shape index (κ1) is 13.3. The zero-order chi connectivity index (χ0) is 13.3. The van der Waals surface area contributed by atoms with E-state index in [0.717, 1.165) is 0 Å². The van der Waals surface area contributed by atoms with E-state index in [-0.39, 0.29) is 10.6 Å². The van der Waals surface area contributed by atoms with E-state index >= 15 is 0 Å². The minimum Gasteiger partial charge on any atom is -0.373 e. The molecule has 18 heavy (non-hydrogen) atoms. The number of hydrogen-bond donors (Lipinski definition) is 3. The Morgan fingerprint density at radius 3 is 2.78 bits per heavy atom. The molecule has 1 aliphatic heterocycles. The van der Waals surface area contributed by atoms with Gasteiger partial charge in [-0.05, 0) is 29.8 Å². The van der Waals surface area contributed by atoms with E-state index < -0.39 is 17.8 Å². The van der Waals surface area contributed by atoms with Crippen LogP contribution in [0.15, 0.2) is 23.3 Å². The fourth-order valence-electron chi connectivity index (χ4n) is 1.48. The second-order valence-corrected chi connectivity index (χ2v) is 4.28. The van der Waals surface area contributed by atoms with Crippen LogP contribution in [0.25, 0.3) is 0 Å². The van der Waals surface area contributed by atoms with E-state index in [4.69, 9.17) is 23.2 Å². The molecule has 0 saturated carbocycles. The number of rotatable bonds is 2. The number of hydrogen-bond acceptors (Lipinski definition) is 6. The summed E-state index contributed by atoms with van der Waals surface area (Å²) in [5.41, 5.74) is 0.524. The number of nitrogens with one attached hydrogen (secondary N) is 1. The largest absolute Gasteiger partial charge is 0.373 e. The van der Waals surface area contributed by atoms with E-state index in [1.54, 1.807) is 6.07 Å². The van der Waals surface area contributed by atoms with E-state index in [9.17, 15) is 15.0 Å². The predicted molar refractivity (Wildman–Crippen MR) is 67.8 cm³/mol. The van der Waals surface area contributed by atoms with Gasteiger partial charge < -0.3 is 10.2 Å². The minimum absolute atomic E-state index is 0.115. The lowest BCUT2D eigenvalue weighted by Crippen LogP contribution is -2.52. The molecule has 2 rings (SSSR count). The zero-order valence-electron chi connectivity index (χ0n) is 8.92. The van der Waals surface area contributed by atoms with Gasteiger partial charge in [-0.25, -0.2) is 10.3 Å². The van der Waals surface area contributed by atoms with E-state index in [2.05, 4.69) is 10.4 Å². The first-order chi connectivity index (χ1) is 8.49. The van der Waals surface area contributed by atoms with Crippen molar-refractivity contribution >= 4 is 40.3 Å². The summed E-state index contributed by atoms with van der Waals surface area (Å²) in [4.78, 5) is 11.1. The van der Waals surface area contributed by atoms with Crippen LogP contribution in [0.5, 0.6) is 0 Å². The molecular formula is C10H9Cl2N3O3. The van der Waals surface area contributed by atoms with Crippen molar-refractivity contribution < 1.29 is 15.0 Å². The number of aliphatic hydroxyl groups excluding tert-OH is 2. The van der Waals surface area contributed by atoms with Crippen LogP contribution < -0.4 is 10.3 Å². The normalized spacial score (nSPS) is 23.2. The maximum Gasteiger partial charge on any atom is 0.253 e. The lowest BCUT2D eigenvalue weighted by Gasteiger charge is -2.30. The number of aliphatic hydroxyl groups is 2. The summed E-state index contributed by atoms with van der Waals surface area (Å²) in [6.07, 6.45) is -1.05. The lowest BCUT2D eigenvalue weighted by atomic mass is 10.2. The Balaban J connectivity index is 2.37. The standard InChI is InChI=1S/C10H9Cl2N3O3/c11-7-2-1-5(3-6(7)9(12)17)15-10(18)14-8(16)4-13-15/h1-4,8,10,14,16,18H. The molecule has 0 radical (unpaired) electrons. The fraction of sp³-hybridized carbons (Fsp3) is 0.200. The molecule has 8 heteroatoms. The van der Waals surface area contributed by atoms with Gasteiger partial charge in [0.2, 0.25) is 6.35 Å². The van der Waals surface area contributed by atoms with Crippen molar-refractivity contribution in [2.24, 2.45) is 5.10 Å². The highest BCUT2D eigenvalue weighted by molar-refractivity contribution is 6.68. The highest BCUT2D eigenvalue weighted by Gasteiger charge is 2.23. The SMILES string of the molecule is O=C(Cl)c1cc(N2N=CC(O)NC2O)ccc1Cl. The topological polar surface area (TPSA) is 85.2 Å². The molecule has 0 aromatic heterocycles. The quantitative estimate of drug-likeness (QED) is 0.698. The van der Waals surface area contributed by atoms with Gasteiger partial charge in [0.15, 0.2) is 0 Å². The van der Waals surface area contributed by atoms with Gasteiger partial charge in [-0.15, -0.1) is 0 Å². The summed E-state index contributed by atoms with van der Waals surface area (Å²) in [6.45, 7) is 0. The highest BCUT2D eigenvalue weighted by atomic mass is 35.5. The number of hydrazone groups is 1. The average Bonchev–Trinajstić information content (AvgIpc) is 2.30. The van der Waals surface area contributed by atoms with Crippen molar-refractivity contribution in [1.82, 2.24) is 5.32 Å². The Morgan fingerprint density at radius 2 is 2.17 bits per heavy atom. The Kier molecular flexibility index (Phi) is 3.84. The molecule has 0 fully saturated rings. The van der Waals surface area contributed by atoms with Crippen LogP contribution in [-0.4, -0.2) is 34.2 Å². The molecule has 0 bridgehead atoms. The number of benzene rings is 1. The number of halogens is 2. The molecule has 1 aromatic rings. The maximum absolute atomic E-state index is 11.1. The Morgan fingerprint density at radius 1 is 1.44 bits per heavy atom. The highest BCUT2D eigenvalue weighted by Crippen LogP contribution is 2.26. The third-order valence-corrected chi connectivity index (χ3v) is 2.84. The number of nitrogens with zero attached hydrogens (tertiary/aromatic N) is 2. The molecule has 2 unspecified atom stereocenters. The molecule has 2 atom stereocenters. The maximum atomic E-state index is 11.1. The molecule has 6 nitrogen and oxygen atoms in total. The molecule has 0 amide bonds. The average molecular weight is 290 g/mol. The van der Waals surface area contributed by atoms with Gasteiger partial charge in [-0.3, -0.25) is 4.79 Å². The Labute approximate surface area is 112 Å². The summed E-state index contributed by atoms with van der Waals surface area (Å²) in [5.74, 6) is 0. The zero-order valence-corrected chi connectivity index (χ0v) is 10.4. The molecule has 0 saturated heterocycles. The van der Waals surface area contributed by atoms with Crippen LogP contribution >= 0.6 is 23.2 Å². The fourth-order valence-corrected chi connectivity index (χ4v) is 1.89. The lowest BCUT2D eigenvalue weighted by molar-refractivity contribution is 0.0652. The van der Waals surface area contributed by atoms with Gasteiger partial charge in [0.05, 0.1) is 22.5 Å². The van der Waals surface area contributed by atoms with Crippen LogP contribution in [0.4, 0.5) is 5.69 Å². The van der Waals surface area contributed by atoms with Crippen LogP contribution in [0.3, 0.4) is 0 Å². The van der Waals surface area contributed by atoms with Crippen molar-refractivity contribution in [2.75, 3.05) is 5.01 Å². The molecule has 1 heterocycles. The summed E-state index contributed by atoms with van der Waals surface area (Å²) in [5, 5.41) is 25.8. The van der Waals surface area contributed by atoms with Gasteiger partial charge in [0.25, 0.3) is 5.24 Å². The van der Waals surface area contributed by atoms with Gasteiger partial charge in [-0.1, -0.05) is 11.6 Å².